The average Bonchev–Trinajstić information content (AvgIpc) is 2.17. The van der Waals surface area contributed by atoms with Gasteiger partial charge >= 0.3 is 5.97 Å². The fraction of sp³-hybridized carbons (Fsp3) is 0.917. The van der Waals surface area contributed by atoms with E-state index in [0.29, 0.717) is 13.0 Å². The molecule has 0 radical (unpaired) electrons. The summed E-state index contributed by atoms with van der Waals surface area (Å²) in [7, 11) is 0. The van der Waals surface area contributed by atoms with Gasteiger partial charge in [0.05, 0.1) is 13.0 Å². The fourth-order valence-electron chi connectivity index (χ4n) is 1.55. The molecule has 0 aromatic carbocycles. The van der Waals surface area contributed by atoms with E-state index in [1.165, 1.54) is 25.7 Å². The molecular weight excluding hydrogens is 190 g/mol. The molecule has 0 spiro atoms. The highest BCUT2D eigenvalue weighted by molar-refractivity contribution is 5.70. The molecule has 0 heterocycles. The topological polar surface area (TPSA) is 52.3 Å². The Balaban J connectivity index is 3.32. The summed E-state index contributed by atoms with van der Waals surface area (Å²) < 4.78 is 4.84. The van der Waals surface area contributed by atoms with Gasteiger partial charge in [-0.15, -0.1) is 0 Å². The van der Waals surface area contributed by atoms with Crippen LogP contribution in [0.15, 0.2) is 0 Å². The van der Waals surface area contributed by atoms with E-state index in [1.54, 1.807) is 0 Å². The van der Waals surface area contributed by atoms with Crippen LogP contribution in [0.3, 0.4) is 0 Å². The normalized spacial score (nSPS) is 12.5. The molecule has 0 amide bonds. The van der Waals surface area contributed by atoms with E-state index in [1.807, 2.05) is 6.92 Å². The minimum Gasteiger partial charge on any atom is -0.466 e. The van der Waals surface area contributed by atoms with Crippen molar-refractivity contribution in [2.24, 2.45) is 5.73 Å². The number of ether oxygens (including phenoxy) is 1. The second-order valence-corrected chi connectivity index (χ2v) is 3.97. The number of rotatable bonds is 9. The quantitative estimate of drug-likeness (QED) is 0.475. The van der Waals surface area contributed by atoms with Crippen LogP contribution in [0.2, 0.25) is 0 Å². The zero-order valence-corrected chi connectivity index (χ0v) is 10.1. The predicted molar refractivity (Wildman–Crippen MR) is 62.6 cm³/mol. The highest BCUT2D eigenvalue weighted by Crippen LogP contribution is 2.08. The van der Waals surface area contributed by atoms with Crippen molar-refractivity contribution in [3.05, 3.63) is 0 Å². The Morgan fingerprint density at radius 2 is 1.87 bits per heavy atom. The third kappa shape index (κ3) is 9.73. The summed E-state index contributed by atoms with van der Waals surface area (Å²) >= 11 is 0. The smallest absolute Gasteiger partial charge is 0.307 e. The molecule has 1 atom stereocenters. The third-order valence-corrected chi connectivity index (χ3v) is 2.41. The lowest BCUT2D eigenvalue weighted by Gasteiger charge is -2.10. The number of hydrogen-bond acceptors (Lipinski definition) is 3. The van der Waals surface area contributed by atoms with Crippen LogP contribution in [-0.2, 0) is 9.53 Å². The van der Waals surface area contributed by atoms with Crippen molar-refractivity contribution < 1.29 is 9.53 Å². The molecule has 0 saturated heterocycles. The lowest BCUT2D eigenvalue weighted by Crippen LogP contribution is -2.24. The molecule has 0 aliphatic heterocycles. The molecule has 0 fully saturated rings. The van der Waals surface area contributed by atoms with E-state index in [0.717, 1.165) is 12.8 Å². The van der Waals surface area contributed by atoms with E-state index >= 15 is 0 Å². The molecule has 0 aromatic heterocycles. The van der Waals surface area contributed by atoms with Crippen LogP contribution in [0.4, 0.5) is 0 Å². The zero-order chi connectivity index (χ0) is 11.5. The molecule has 3 heteroatoms. The Morgan fingerprint density at radius 3 is 2.47 bits per heavy atom. The molecule has 0 bridgehead atoms. The first-order valence-electron chi connectivity index (χ1n) is 6.11. The Morgan fingerprint density at radius 1 is 1.20 bits per heavy atom. The first-order chi connectivity index (χ1) is 7.20. The lowest BCUT2D eigenvalue weighted by atomic mass is 10.0. The number of carbonyl (C=O) groups excluding carboxylic acids is 1. The Hall–Kier alpha value is -0.570. The SMILES string of the molecule is CCCCCCCC(N)CC(=O)OCC. The van der Waals surface area contributed by atoms with E-state index < -0.39 is 0 Å². The van der Waals surface area contributed by atoms with Gasteiger partial charge in [0.1, 0.15) is 0 Å². The molecule has 0 aromatic rings. The Labute approximate surface area is 93.4 Å². The molecule has 2 N–H and O–H groups in total. The van der Waals surface area contributed by atoms with Crippen molar-refractivity contribution in [1.82, 2.24) is 0 Å². The van der Waals surface area contributed by atoms with Crippen LogP contribution < -0.4 is 5.73 Å². The van der Waals surface area contributed by atoms with Gasteiger partial charge in [-0.25, -0.2) is 0 Å². The van der Waals surface area contributed by atoms with Gasteiger partial charge in [0.2, 0.25) is 0 Å². The van der Waals surface area contributed by atoms with Crippen LogP contribution in [0.1, 0.15) is 58.8 Å². The first-order valence-corrected chi connectivity index (χ1v) is 6.11. The summed E-state index contributed by atoms with van der Waals surface area (Å²) in [6.45, 7) is 4.46. The summed E-state index contributed by atoms with van der Waals surface area (Å²) in [5.41, 5.74) is 5.82. The van der Waals surface area contributed by atoms with Crippen molar-refractivity contribution in [3.63, 3.8) is 0 Å². The van der Waals surface area contributed by atoms with Crippen molar-refractivity contribution in [2.75, 3.05) is 6.61 Å². The highest BCUT2D eigenvalue weighted by Gasteiger charge is 2.09. The number of carbonyl (C=O) groups is 1. The summed E-state index contributed by atoms with van der Waals surface area (Å²) in [5, 5.41) is 0. The lowest BCUT2D eigenvalue weighted by molar-refractivity contribution is -0.143. The maximum atomic E-state index is 11.1. The van der Waals surface area contributed by atoms with Crippen molar-refractivity contribution >= 4 is 5.97 Å². The van der Waals surface area contributed by atoms with E-state index in [9.17, 15) is 4.79 Å². The summed E-state index contributed by atoms with van der Waals surface area (Å²) in [4.78, 5) is 11.1. The second-order valence-electron chi connectivity index (χ2n) is 3.97. The largest absolute Gasteiger partial charge is 0.466 e. The standard InChI is InChI=1S/C12H25NO2/c1-3-5-6-7-8-9-11(13)10-12(14)15-4-2/h11H,3-10,13H2,1-2H3. The summed E-state index contributed by atoms with van der Waals surface area (Å²) in [5.74, 6) is -0.168. The van der Waals surface area contributed by atoms with E-state index in [2.05, 4.69) is 6.92 Å². The van der Waals surface area contributed by atoms with Gasteiger partial charge in [-0.3, -0.25) is 4.79 Å². The number of esters is 1. The minimum absolute atomic E-state index is 0.0225. The van der Waals surface area contributed by atoms with Crippen LogP contribution in [-0.4, -0.2) is 18.6 Å². The summed E-state index contributed by atoms with van der Waals surface area (Å²) in [6.07, 6.45) is 7.49. The predicted octanol–water partition coefficient (Wildman–Crippen LogP) is 2.63. The fourth-order valence-corrected chi connectivity index (χ4v) is 1.55. The van der Waals surface area contributed by atoms with Gasteiger partial charge in [-0.05, 0) is 13.3 Å². The monoisotopic (exact) mass is 215 g/mol. The third-order valence-electron chi connectivity index (χ3n) is 2.41. The molecule has 3 nitrogen and oxygen atoms in total. The number of nitrogens with two attached hydrogens (primary N) is 1. The Kier molecular flexibility index (Phi) is 9.59. The molecule has 1 unspecified atom stereocenters. The van der Waals surface area contributed by atoms with Crippen molar-refractivity contribution in [1.29, 1.82) is 0 Å². The number of hydrogen-bond donors (Lipinski definition) is 1. The molecule has 0 saturated carbocycles. The van der Waals surface area contributed by atoms with Gasteiger partial charge in [0.15, 0.2) is 0 Å². The van der Waals surface area contributed by atoms with Crippen LogP contribution >= 0.6 is 0 Å². The molecule has 0 aliphatic carbocycles. The second kappa shape index (κ2) is 9.97. The van der Waals surface area contributed by atoms with Crippen LogP contribution in [0.5, 0.6) is 0 Å². The zero-order valence-electron chi connectivity index (χ0n) is 10.1. The average molecular weight is 215 g/mol. The summed E-state index contributed by atoms with van der Waals surface area (Å²) in [6, 6.07) is -0.0225. The maximum absolute atomic E-state index is 11.1. The molecule has 90 valence electrons. The molecule has 15 heavy (non-hydrogen) atoms. The van der Waals surface area contributed by atoms with Gasteiger partial charge in [-0.1, -0.05) is 39.0 Å². The van der Waals surface area contributed by atoms with Gasteiger partial charge < -0.3 is 10.5 Å². The minimum atomic E-state index is -0.168. The van der Waals surface area contributed by atoms with Crippen molar-refractivity contribution in [3.8, 4) is 0 Å². The first kappa shape index (κ1) is 14.4. The molecular formula is C12H25NO2. The van der Waals surface area contributed by atoms with E-state index in [-0.39, 0.29) is 12.0 Å². The van der Waals surface area contributed by atoms with E-state index in [4.69, 9.17) is 10.5 Å². The highest BCUT2D eigenvalue weighted by atomic mass is 16.5. The maximum Gasteiger partial charge on any atom is 0.307 e. The van der Waals surface area contributed by atoms with Gasteiger partial charge in [0.25, 0.3) is 0 Å². The van der Waals surface area contributed by atoms with Gasteiger partial charge in [0, 0.05) is 6.04 Å². The van der Waals surface area contributed by atoms with Crippen LogP contribution in [0.25, 0.3) is 0 Å². The van der Waals surface area contributed by atoms with Crippen molar-refractivity contribution in [2.45, 2.75) is 64.8 Å². The Bertz CT molecular complexity index is 160. The molecule has 0 rings (SSSR count). The number of unbranched alkanes of at least 4 members (excludes halogenated alkanes) is 4. The van der Waals surface area contributed by atoms with Gasteiger partial charge in [-0.2, -0.15) is 0 Å². The molecule has 0 aliphatic rings. The van der Waals surface area contributed by atoms with Crippen LogP contribution in [0, 0.1) is 0 Å².